The Bertz CT molecular complexity index is 1390. The maximum Gasteiger partial charge on any atom is 0.262 e. The highest BCUT2D eigenvalue weighted by Gasteiger charge is 2.42. The van der Waals surface area contributed by atoms with Crippen LogP contribution < -0.4 is 14.8 Å². The van der Waals surface area contributed by atoms with Gasteiger partial charge in [-0.25, -0.2) is 0 Å². The molecule has 0 unspecified atom stereocenters. The Morgan fingerprint density at radius 1 is 1.03 bits per heavy atom. The number of Topliss-reactive ketones (excluding diaryl/α,β-unsaturated/α-hetero) is 2. The Kier molecular flexibility index (Phi) is 8.14. The molecule has 0 saturated carbocycles. The normalized spacial score (nSPS) is 17.4. The van der Waals surface area contributed by atoms with Gasteiger partial charge in [-0.05, 0) is 78.0 Å². The summed E-state index contributed by atoms with van der Waals surface area (Å²) in [6, 6.07) is 8.92. The van der Waals surface area contributed by atoms with E-state index in [4.69, 9.17) is 25.8 Å². The van der Waals surface area contributed by atoms with Crippen molar-refractivity contribution >= 4 is 50.7 Å². The van der Waals surface area contributed by atoms with Crippen LogP contribution in [0.2, 0.25) is 5.02 Å². The molecule has 1 amide bonds. The van der Waals surface area contributed by atoms with Crippen LogP contribution in [0.15, 0.2) is 57.5 Å². The average molecular weight is 615 g/mol. The summed E-state index contributed by atoms with van der Waals surface area (Å²) >= 11 is 9.76. The number of hydrogen-bond donors (Lipinski definition) is 1. The summed E-state index contributed by atoms with van der Waals surface area (Å²) in [6.07, 6.45) is 3.67. The highest BCUT2D eigenvalue weighted by Crippen LogP contribution is 2.50. The van der Waals surface area contributed by atoms with Crippen LogP contribution in [0.1, 0.15) is 62.5 Å². The Morgan fingerprint density at radius 2 is 1.69 bits per heavy atom. The van der Waals surface area contributed by atoms with Crippen molar-refractivity contribution < 1.29 is 28.6 Å². The van der Waals surface area contributed by atoms with Crippen molar-refractivity contribution in [3.63, 3.8) is 0 Å². The second-order valence-corrected chi connectivity index (χ2v) is 11.1. The molecule has 1 aliphatic heterocycles. The first-order chi connectivity index (χ1) is 18.8. The lowest BCUT2D eigenvalue weighted by atomic mass is 9.73. The number of ketones is 2. The van der Waals surface area contributed by atoms with E-state index in [1.54, 1.807) is 18.2 Å². The van der Waals surface area contributed by atoms with Crippen molar-refractivity contribution in [3.8, 4) is 11.5 Å². The number of allylic oxidation sites excluding steroid dienone is 4. The van der Waals surface area contributed by atoms with E-state index in [0.717, 1.165) is 24.0 Å². The summed E-state index contributed by atoms with van der Waals surface area (Å²) in [4.78, 5) is 38.9. The van der Waals surface area contributed by atoms with Gasteiger partial charge in [0, 0.05) is 53.5 Å². The molecule has 0 radical (unpaired) electrons. The van der Waals surface area contributed by atoms with Crippen molar-refractivity contribution in [1.29, 1.82) is 0 Å². The van der Waals surface area contributed by atoms with Gasteiger partial charge < -0.3 is 19.5 Å². The number of aryl methyl sites for hydroxylation is 1. The van der Waals surface area contributed by atoms with Crippen molar-refractivity contribution in [3.05, 3.63) is 73.6 Å². The molecule has 0 spiro atoms. The maximum atomic E-state index is 13.1. The van der Waals surface area contributed by atoms with E-state index >= 15 is 0 Å². The molecule has 0 fully saturated rings. The fraction of sp³-hybridized carbons (Fsp3) is 0.367. The van der Waals surface area contributed by atoms with Crippen molar-refractivity contribution in [1.82, 2.24) is 0 Å². The van der Waals surface area contributed by atoms with Crippen LogP contribution in [-0.4, -0.2) is 30.7 Å². The molecule has 1 heterocycles. The molecule has 39 heavy (non-hydrogen) atoms. The Hall–Kier alpha value is -3.10. The lowest BCUT2D eigenvalue weighted by molar-refractivity contribution is -0.119. The smallest absolute Gasteiger partial charge is 0.262 e. The summed E-state index contributed by atoms with van der Waals surface area (Å²) in [5.41, 5.74) is 3.35. The fourth-order valence-corrected chi connectivity index (χ4v) is 6.07. The number of rotatable bonds is 7. The molecule has 3 aliphatic rings. The van der Waals surface area contributed by atoms with Crippen LogP contribution in [0.5, 0.6) is 11.5 Å². The number of carbonyl (C=O) groups excluding carboxylic acids is 3. The first-order valence-corrected chi connectivity index (χ1v) is 14.3. The Morgan fingerprint density at radius 3 is 2.31 bits per heavy atom. The number of halogens is 2. The highest BCUT2D eigenvalue weighted by atomic mass is 79.9. The van der Waals surface area contributed by atoms with Gasteiger partial charge in [0.25, 0.3) is 5.91 Å². The SMILES string of the molecule is CCOc1cc(C2C3=C(CCCC3=O)OC3=C2C(=O)CCC3)cc(Br)c1OCC(=O)Nc1ccc(C)c(Cl)c1. The summed E-state index contributed by atoms with van der Waals surface area (Å²) in [5.74, 6) is 1.25. The lowest BCUT2D eigenvalue weighted by Crippen LogP contribution is -2.30. The maximum absolute atomic E-state index is 13.1. The van der Waals surface area contributed by atoms with Crippen LogP contribution >= 0.6 is 27.5 Å². The molecule has 0 atom stereocenters. The molecule has 2 aromatic rings. The van der Waals surface area contributed by atoms with Crippen molar-refractivity contribution in [2.75, 3.05) is 18.5 Å². The van der Waals surface area contributed by atoms with Crippen molar-refractivity contribution in [2.24, 2.45) is 0 Å². The molecule has 0 bridgehead atoms. The molecule has 9 heteroatoms. The van der Waals surface area contributed by atoms with Gasteiger partial charge in [0.2, 0.25) is 0 Å². The predicted molar refractivity (Wildman–Crippen MR) is 151 cm³/mol. The van der Waals surface area contributed by atoms with E-state index in [1.807, 2.05) is 26.0 Å². The largest absolute Gasteiger partial charge is 0.490 e. The van der Waals surface area contributed by atoms with Gasteiger partial charge in [-0.2, -0.15) is 0 Å². The summed E-state index contributed by atoms with van der Waals surface area (Å²) in [7, 11) is 0. The second kappa shape index (κ2) is 11.6. The lowest BCUT2D eigenvalue weighted by Gasteiger charge is -2.36. The van der Waals surface area contributed by atoms with E-state index in [0.29, 0.717) is 81.6 Å². The number of hydrogen-bond acceptors (Lipinski definition) is 6. The zero-order valence-corrected chi connectivity index (χ0v) is 24.2. The zero-order chi connectivity index (χ0) is 27.7. The zero-order valence-electron chi connectivity index (χ0n) is 21.8. The molecule has 2 aromatic carbocycles. The minimum Gasteiger partial charge on any atom is -0.490 e. The van der Waals surface area contributed by atoms with E-state index in [2.05, 4.69) is 21.2 Å². The van der Waals surface area contributed by atoms with Gasteiger partial charge in [0.1, 0.15) is 11.5 Å². The number of ether oxygens (including phenoxy) is 3. The summed E-state index contributed by atoms with van der Waals surface area (Å²) < 4.78 is 18.5. The predicted octanol–water partition coefficient (Wildman–Crippen LogP) is 6.96. The van der Waals surface area contributed by atoms with Gasteiger partial charge >= 0.3 is 0 Å². The van der Waals surface area contributed by atoms with Crippen LogP contribution in [-0.2, 0) is 19.1 Å². The first-order valence-electron chi connectivity index (χ1n) is 13.1. The van der Waals surface area contributed by atoms with Crippen LogP contribution in [0, 0.1) is 6.92 Å². The third-order valence-electron chi connectivity index (χ3n) is 7.11. The van der Waals surface area contributed by atoms with Crippen LogP contribution in [0.25, 0.3) is 0 Å². The summed E-state index contributed by atoms with van der Waals surface area (Å²) in [6.45, 7) is 3.83. The number of amides is 1. The quantitative estimate of drug-likeness (QED) is 0.363. The molecule has 1 N–H and O–H groups in total. The molecular weight excluding hydrogens is 586 g/mol. The summed E-state index contributed by atoms with van der Waals surface area (Å²) in [5, 5.41) is 3.34. The molecular formula is C30H29BrClNO6. The molecule has 2 aliphatic carbocycles. The third-order valence-corrected chi connectivity index (χ3v) is 8.11. The monoisotopic (exact) mass is 613 g/mol. The average Bonchev–Trinajstić information content (AvgIpc) is 2.89. The third kappa shape index (κ3) is 5.63. The van der Waals surface area contributed by atoms with Crippen LogP contribution in [0.4, 0.5) is 5.69 Å². The molecule has 204 valence electrons. The molecule has 0 aromatic heterocycles. The van der Waals surface area contributed by atoms with Gasteiger partial charge in [0.15, 0.2) is 29.7 Å². The minimum absolute atomic E-state index is 0.00784. The number of nitrogens with one attached hydrogen (secondary N) is 1. The van der Waals surface area contributed by atoms with E-state index in [-0.39, 0.29) is 24.1 Å². The Labute approximate surface area is 240 Å². The van der Waals surface area contributed by atoms with Gasteiger partial charge in [-0.3, -0.25) is 14.4 Å². The van der Waals surface area contributed by atoms with Crippen molar-refractivity contribution in [2.45, 2.75) is 58.3 Å². The number of benzene rings is 2. The topological polar surface area (TPSA) is 90.9 Å². The van der Waals surface area contributed by atoms with E-state index in [1.165, 1.54) is 0 Å². The molecule has 0 saturated heterocycles. The van der Waals surface area contributed by atoms with Gasteiger partial charge in [-0.15, -0.1) is 0 Å². The number of carbonyl (C=O) groups is 3. The fourth-order valence-electron chi connectivity index (χ4n) is 5.31. The van der Waals surface area contributed by atoms with Crippen LogP contribution in [0.3, 0.4) is 0 Å². The Balaban J connectivity index is 1.46. The molecule has 5 rings (SSSR count). The van der Waals surface area contributed by atoms with Gasteiger partial charge in [-0.1, -0.05) is 17.7 Å². The highest BCUT2D eigenvalue weighted by molar-refractivity contribution is 9.10. The minimum atomic E-state index is -0.525. The first kappa shape index (κ1) is 27.5. The van der Waals surface area contributed by atoms with E-state index in [9.17, 15) is 14.4 Å². The molecule has 7 nitrogen and oxygen atoms in total. The van der Waals surface area contributed by atoms with Gasteiger partial charge in [0.05, 0.1) is 11.1 Å². The second-order valence-electron chi connectivity index (χ2n) is 9.83. The van der Waals surface area contributed by atoms with E-state index < -0.39 is 5.92 Å². The number of anilines is 1. The standard InChI is InChI=1S/C30H29BrClNO6/c1-3-37-25-13-17(12-19(31)30(25)38-15-26(36)33-18-11-10-16(2)20(32)14-18)27-28-21(34)6-4-8-23(28)39-24-9-5-7-22(35)29(24)27/h10-14,27H,3-9,15H2,1-2H3,(H,33,36).